The number of nitrogens with zero attached hydrogens (tertiary/aromatic N) is 1. The second-order valence-corrected chi connectivity index (χ2v) is 8.33. The molecule has 0 saturated heterocycles. The highest BCUT2D eigenvalue weighted by Gasteiger charge is 2.16. The van der Waals surface area contributed by atoms with Gasteiger partial charge >= 0.3 is 0 Å². The van der Waals surface area contributed by atoms with E-state index in [0.717, 1.165) is 24.6 Å². The lowest BCUT2D eigenvalue weighted by Crippen LogP contribution is -2.07. The Hall–Kier alpha value is -4.25. The molecule has 0 aliphatic rings. The van der Waals surface area contributed by atoms with Crippen LogP contribution < -0.4 is 0 Å². The predicted octanol–water partition coefficient (Wildman–Crippen LogP) is 10.2. The summed E-state index contributed by atoms with van der Waals surface area (Å²) in [6.45, 7) is 21.6. The average Bonchev–Trinajstić information content (AvgIpc) is 2.89. The standard InChI is InChI=1S/C34H35F4N/c1-8-11-12-15-18-25(5)34-28(21-30(37)23-32(34)38)19-16-13-14-17-20-39-27(7)31(22-29(36)10-3)33(26(6)35)24(4)9-2/h9-18,20-23,27H,2-6,8,19H2,1,7H3/b12-11-,16-13+,17-14-,18-15-,29-22+,33-31+,39-20+/t27-/m1/s1. The van der Waals surface area contributed by atoms with Gasteiger partial charge in [0.25, 0.3) is 0 Å². The summed E-state index contributed by atoms with van der Waals surface area (Å²) >= 11 is 0. The van der Waals surface area contributed by atoms with E-state index < -0.39 is 29.3 Å². The van der Waals surface area contributed by atoms with Crippen molar-refractivity contribution in [1.29, 1.82) is 0 Å². The summed E-state index contributed by atoms with van der Waals surface area (Å²) < 4.78 is 56.6. The van der Waals surface area contributed by atoms with Gasteiger partial charge in [0.05, 0.1) is 6.04 Å². The third-order valence-corrected chi connectivity index (χ3v) is 5.40. The Kier molecular flexibility index (Phi) is 14.5. The fourth-order valence-electron chi connectivity index (χ4n) is 3.49. The molecule has 0 bridgehead atoms. The molecule has 0 amide bonds. The van der Waals surface area contributed by atoms with Crippen LogP contribution in [0.25, 0.3) is 5.57 Å². The highest BCUT2D eigenvalue weighted by atomic mass is 19.1. The second-order valence-electron chi connectivity index (χ2n) is 8.33. The molecule has 5 heteroatoms. The molecule has 0 aliphatic carbocycles. The maximum atomic E-state index is 14.5. The number of hydrogen-bond donors (Lipinski definition) is 0. The van der Waals surface area contributed by atoms with Gasteiger partial charge in [-0.15, -0.1) is 0 Å². The van der Waals surface area contributed by atoms with E-state index in [0.29, 0.717) is 11.1 Å². The van der Waals surface area contributed by atoms with Crippen molar-refractivity contribution in [2.45, 2.75) is 32.7 Å². The summed E-state index contributed by atoms with van der Waals surface area (Å²) in [5.74, 6) is -2.79. The van der Waals surface area contributed by atoms with E-state index >= 15 is 0 Å². The molecule has 0 saturated carbocycles. The summed E-state index contributed by atoms with van der Waals surface area (Å²) in [5.41, 5.74) is 1.65. The number of aliphatic imine (C=N–C) groups is 1. The summed E-state index contributed by atoms with van der Waals surface area (Å²) in [4.78, 5) is 4.33. The molecule has 204 valence electrons. The van der Waals surface area contributed by atoms with Gasteiger partial charge in [0.15, 0.2) is 0 Å². The average molecular weight is 534 g/mol. The molecule has 1 nitrogen and oxygen atoms in total. The van der Waals surface area contributed by atoms with Crippen LogP contribution in [0.15, 0.2) is 145 Å². The van der Waals surface area contributed by atoms with Crippen molar-refractivity contribution in [1.82, 2.24) is 0 Å². The molecule has 0 radical (unpaired) electrons. The van der Waals surface area contributed by atoms with Crippen LogP contribution in [0.1, 0.15) is 31.4 Å². The Morgan fingerprint density at radius 1 is 0.949 bits per heavy atom. The number of rotatable bonds is 15. The van der Waals surface area contributed by atoms with Gasteiger partial charge in [0, 0.05) is 23.4 Å². The molecule has 0 N–H and O–H groups in total. The number of halogens is 4. The van der Waals surface area contributed by atoms with E-state index in [1.165, 1.54) is 18.4 Å². The van der Waals surface area contributed by atoms with Gasteiger partial charge in [0.1, 0.15) is 23.3 Å². The molecule has 0 aliphatic heterocycles. The smallest absolute Gasteiger partial charge is 0.134 e. The molecule has 1 aromatic rings. The minimum atomic E-state index is -0.785. The maximum Gasteiger partial charge on any atom is 0.134 e. The van der Waals surface area contributed by atoms with Crippen LogP contribution >= 0.6 is 0 Å². The summed E-state index contributed by atoms with van der Waals surface area (Å²) in [5, 5.41) is 0. The molecule has 0 unspecified atom stereocenters. The normalized spacial score (nSPS) is 14.1. The minimum Gasteiger partial charge on any atom is -0.285 e. The molecule has 0 fully saturated rings. The number of hydrogen-bond acceptors (Lipinski definition) is 1. The first-order valence-electron chi connectivity index (χ1n) is 12.3. The third kappa shape index (κ3) is 10.9. The second kappa shape index (κ2) is 17.3. The maximum absolute atomic E-state index is 14.5. The van der Waals surface area contributed by atoms with E-state index in [-0.39, 0.29) is 28.7 Å². The van der Waals surface area contributed by atoms with Gasteiger partial charge < -0.3 is 0 Å². The van der Waals surface area contributed by atoms with Gasteiger partial charge in [-0.1, -0.05) is 88.4 Å². The van der Waals surface area contributed by atoms with E-state index in [2.05, 4.69) is 37.9 Å². The van der Waals surface area contributed by atoms with Crippen molar-refractivity contribution in [3.63, 3.8) is 0 Å². The lowest BCUT2D eigenvalue weighted by Gasteiger charge is -2.15. The van der Waals surface area contributed by atoms with E-state index in [1.54, 1.807) is 43.4 Å². The zero-order chi connectivity index (χ0) is 29.4. The van der Waals surface area contributed by atoms with Crippen LogP contribution in [0, 0.1) is 11.6 Å². The monoisotopic (exact) mass is 533 g/mol. The Balaban J connectivity index is 3.10. The zero-order valence-corrected chi connectivity index (χ0v) is 22.6. The van der Waals surface area contributed by atoms with Crippen LogP contribution in [0.2, 0.25) is 0 Å². The van der Waals surface area contributed by atoms with Gasteiger partial charge in [-0.3, -0.25) is 4.99 Å². The van der Waals surface area contributed by atoms with E-state index in [1.807, 2.05) is 19.1 Å². The quantitative estimate of drug-likeness (QED) is 0.121. The van der Waals surface area contributed by atoms with Crippen LogP contribution in [-0.2, 0) is 6.42 Å². The van der Waals surface area contributed by atoms with Crippen molar-refractivity contribution in [3.05, 3.63) is 163 Å². The van der Waals surface area contributed by atoms with Crippen molar-refractivity contribution < 1.29 is 17.6 Å². The van der Waals surface area contributed by atoms with Crippen molar-refractivity contribution in [3.8, 4) is 0 Å². The molecular formula is C34H35F4N. The Bertz CT molecular complexity index is 1300. The topological polar surface area (TPSA) is 12.4 Å². The zero-order valence-electron chi connectivity index (χ0n) is 22.6. The van der Waals surface area contributed by atoms with Crippen molar-refractivity contribution in [2.24, 2.45) is 4.99 Å². The summed E-state index contributed by atoms with van der Waals surface area (Å²) in [6, 6.07) is 1.48. The fraction of sp³-hybridized carbons (Fsp3) is 0.147. The third-order valence-electron chi connectivity index (χ3n) is 5.40. The molecule has 1 aromatic carbocycles. The molecule has 39 heavy (non-hydrogen) atoms. The fourth-order valence-corrected chi connectivity index (χ4v) is 3.49. The predicted molar refractivity (Wildman–Crippen MR) is 160 cm³/mol. The molecule has 0 aromatic heterocycles. The van der Waals surface area contributed by atoms with Gasteiger partial charge in [-0.05, 0) is 66.3 Å². The Labute approximate surface area is 230 Å². The molecule has 1 atom stereocenters. The molecular weight excluding hydrogens is 498 g/mol. The minimum absolute atomic E-state index is 0.0199. The van der Waals surface area contributed by atoms with Gasteiger partial charge in [-0.2, -0.15) is 0 Å². The number of allylic oxidation sites excluding steroid dienone is 15. The highest BCUT2D eigenvalue weighted by molar-refractivity contribution is 5.75. The highest BCUT2D eigenvalue weighted by Crippen LogP contribution is 2.28. The van der Waals surface area contributed by atoms with Crippen LogP contribution in [0.4, 0.5) is 17.6 Å². The van der Waals surface area contributed by atoms with Crippen LogP contribution in [0.5, 0.6) is 0 Å². The largest absolute Gasteiger partial charge is 0.285 e. The Morgan fingerprint density at radius 2 is 1.64 bits per heavy atom. The lowest BCUT2D eigenvalue weighted by atomic mass is 9.95. The molecule has 1 rings (SSSR count). The van der Waals surface area contributed by atoms with E-state index in [9.17, 15) is 17.6 Å². The van der Waals surface area contributed by atoms with Crippen molar-refractivity contribution in [2.75, 3.05) is 0 Å². The van der Waals surface area contributed by atoms with Crippen LogP contribution in [-0.4, -0.2) is 12.3 Å². The van der Waals surface area contributed by atoms with Crippen LogP contribution in [0.3, 0.4) is 0 Å². The summed E-state index contributed by atoms with van der Waals surface area (Å²) in [7, 11) is 0. The molecule has 0 spiro atoms. The van der Waals surface area contributed by atoms with E-state index in [4.69, 9.17) is 0 Å². The SMILES string of the molecule is C=CC(=C)/C(C(=C)F)=C(/C=C(/F)C=C)[C@@H](C)/N=C/C=C\C=C\Cc1cc(F)cc(F)c1C(=C)/C=C\C=C/CC. The lowest BCUT2D eigenvalue weighted by molar-refractivity contribution is 0.578. The first-order chi connectivity index (χ1) is 18.6. The number of benzene rings is 1. The first kappa shape index (κ1) is 32.8. The summed E-state index contributed by atoms with van der Waals surface area (Å²) in [6.07, 6.45) is 20.1. The molecule has 0 heterocycles. The Morgan fingerprint density at radius 3 is 2.26 bits per heavy atom. The van der Waals surface area contributed by atoms with Gasteiger partial charge in [0.2, 0.25) is 0 Å². The van der Waals surface area contributed by atoms with Gasteiger partial charge in [-0.25, -0.2) is 17.6 Å². The first-order valence-corrected chi connectivity index (χ1v) is 12.3. The van der Waals surface area contributed by atoms with Crippen molar-refractivity contribution >= 4 is 11.8 Å².